The molecule has 0 aliphatic carbocycles. The number of amides is 1. The van der Waals surface area contributed by atoms with Crippen LogP contribution < -0.4 is 4.90 Å². The largest absolute Gasteiger partial charge is 0.377 e. The van der Waals surface area contributed by atoms with Crippen LogP contribution in [0.25, 0.3) is 16.7 Å². The molecule has 6 rings (SSSR count). The van der Waals surface area contributed by atoms with Crippen molar-refractivity contribution >= 4 is 22.8 Å². The minimum atomic E-state index is -0.346. The number of hydrogen-bond acceptors (Lipinski definition) is 7. The van der Waals surface area contributed by atoms with E-state index in [1.54, 1.807) is 24.7 Å². The van der Waals surface area contributed by atoms with Crippen molar-refractivity contribution in [2.45, 2.75) is 25.4 Å². The number of carbonyl (C=O) groups excluding carboxylic acids is 1. The standard InChI is InChI=1S/C25H24FN7O2/c1-16-2-5-23(33-28-7-8-29-33)20(10-16)25(34)32-18-6-9-31(13-19(32)15-35-14-18)24-12-27-21-4-3-17(26)11-22(21)30-24/h2-5,7-8,10-12,18-19H,6,9,13-15H2,1H3. The molecular formula is C25H24FN7O2. The molecule has 2 bridgehead atoms. The number of fused-ring (bicyclic) bond motifs is 3. The zero-order valence-corrected chi connectivity index (χ0v) is 19.2. The van der Waals surface area contributed by atoms with Gasteiger partial charge in [-0.1, -0.05) is 11.6 Å². The summed E-state index contributed by atoms with van der Waals surface area (Å²) in [5, 5.41) is 8.48. The number of aryl methyl sites for hydroxylation is 1. The highest BCUT2D eigenvalue weighted by Crippen LogP contribution is 2.28. The van der Waals surface area contributed by atoms with E-state index < -0.39 is 0 Å². The van der Waals surface area contributed by atoms with Crippen molar-refractivity contribution in [3.63, 3.8) is 0 Å². The number of carbonyl (C=O) groups is 1. The number of ether oxygens (including phenoxy) is 1. The van der Waals surface area contributed by atoms with Crippen molar-refractivity contribution in [2.75, 3.05) is 31.2 Å². The highest BCUT2D eigenvalue weighted by molar-refractivity contribution is 5.98. The Kier molecular flexibility index (Phi) is 5.37. The topological polar surface area (TPSA) is 89.3 Å². The molecule has 2 saturated heterocycles. The van der Waals surface area contributed by atoms with E-state index in [1.807, 2.05) is 30.0 Å². The van der Waals surface area contributed by atoms with Crippen molar-refractivity contribution in [2.24, 2.45) is 0 Å². The number of hydrogen-bond donors (Lipinski definition) is 0. The molecule has 35 heavy (non-hydrogen) atoms. The Morgan fingerprint density at radius 3 is 2.74 bits per heavy atom. The molecule has 2 aliphatic rings. The van der Waals surface area contributed by atoms with Crippen LogP contribution in [0.15, 0.2) is 55.0 Å². The lowest BCUT2D eigenvalue weighted by Gasteiger charge is -2.40. The van der Waals surface area contributed by atoms with Crippen molar-refractivity contribution in [3.05, 3.63) is 71.9 Å². The fraction of sp³-hybridized carbons (Fsp3) is 0.320. The lowest BCUT2D eigenvalue weighted by atomic mass is 10.0. The molecule has 0 spiro atoms. The van der Waals surface area contributed by atoms with E-state index in [0.717, 1.165) is 5.56 Å². The number of halogens is 1. The van der Waals surface area contributed by atoms with E-state index in [4.69, 9.17) is 4.74 Å². The monoisotopic (exact) mass is 473 g/mol. The van der Waals surface area contributed by atoms with Crippen LogP contribution in [-0.4, -0.2) is 74.2 Å². The van der Waals surface area contributed by atoms with E-state index in [9.17, 15) is 9.18 Å². The number of morpholine rings is 1. The zero-order chi connectivity index (χ0) is 23.9. The van der Waals surface area contributed by atoms with Gasteiger partial charge in [-0.05, 0) is 37.6 Å². The van der Waals surface area contributed by atoms with E-state index in [0.29, 0.717) is 60.8 Å². The van der Waals surface area contributed by atoms with E-state index in [-0.39, 0.29) is 23.8 Å². The van der Waals surface area contributed by atoms with Gasteiger partial charge in [0.25, 0.3) is 5.91 Å². The summed E-state index contributed by atoms with van der Waals surface area (Å²) in [4.78, 5) is 28.7. The molecule has 2 aromatic carbocycles. The number of benzene rings is 2. The normalized spacial score (nSPS) is 20.2. The zero-order valence-electron chi connectivity index (χ0n) is 19.2. The predicted molar refractivity (Wildman–Crippen MR) is 127 cm³/mol. The maximum absolute atomic E-state index is 14.0. The molecule has 2 fully saturated rings. The molecule has 10 heteroatoms. The van der Waals surface area contributed by atoms with Crippen LogP contribution in [0.5, 0.6) is 0 Å². The summed E-state index contributed by atoms with van der Waals surface area (Å²) in [7, 11) is 0. The first-order chi connectivity index (χ1) is 17.1. The number of rotatable bonds is 3. The Morgan fingerprint density at radius 1 is 1.06 bits per heavy atom. The fourth-order valence-electron chi connectivity index (χ4n) is 4.95. The van der Waals surface area contributed by atoms with Crippen molar-refractivity contribution in [1.29, 1.82) is 0 Å². The summed E-state index contributed by atoms with van der Waals surface area (Å²) < 4.78 is 19.7. The van der Waals surface area contributed by atoms with Gasteiger partial charge in [-0.3, -0.25) is 9.78 Å². The molecule has 9 nitrogen and oxygen atoms in total. The maximum Gasteiger partial charge on any atom is 0.256 e. The second kappa shape index (κ2) is 8.70. The van der Waals surface area contributed by atoms with Gasteiger partial charge in [-0.2, -0.15) is 15.0 Å². The molecule has 0 radical (unpaired) electrons. The Morgan fingerprint density at radius 2 is 1.89 bits per heavy atom. The molecule has 4 heterocycles. The van der Waals surface area contributed by atoms with Crippen LogP contribution in [0, 0.1) is 12.7 Å². The smallest absolute Gasteiger partial charge is 0.256 e. The highest BCUT2D eigenvalue weighted by Gasteiger charge is 2.40. The minimum Gasteiger partial charge on any atom is -0.377 e. The average Bonchev–Trinajstić information content (AvgIpc) is 3.37. The summed E-state index contributed by atoms with van der Waals surface area (Å²) in [5.41, 5.74) is 3.35. The molecule has 0 N–H and O–H groups in total. The van der Waals surface area contributed by atoms with Crippen LogP contribution in [0.3, 0.4) is 0 Å². The van der Waals surface area contributed by atoms with E-state index in [1.165, 1.54) is 16.9 Å². The quantitative estimate of drug-likeness (QED) is 0.452. The second-order valence-electron chi connectivity index (χ2n) is 8.99. The Bertz CT molecular complexity index is 1390. The number of nitrogens with zero attached hydrogens (tertiary/aromatic N) is 7. The molecule has 178 valence electrons. The molecule has 4 aromatic rings. The first-order valence-electron chi connectivity index (χ1n) is 11.6. The van der Waals surface area contributed by atoms with Gasteiger partial charge in [-0.25, -0.2) is 9.37 Å². The second-order valence-corrected chi connectivity index (χ2v) is 8.99. The third kappa shape index (κ3) is 3.99. The van der Waals surface area contributed by atoms with Crippen LogP contribution in [0.2, 0.25) is 0 Å². The van der Waals surface area contributed by atoms with E-state index in [2.05, 4.69) is 25.1 Å². The first kappa shape index (κ1) is 21.6. The lowest BCUT2D eigenvalue weighted by molar-refractivity contribution is -0.0293. The van der Waals surface area contributed by atoms with Crippen LogP contribution in [0.4, 0.5) is 10.2 Å². The molecule has 0 saturated carbocycles. The molecule has 2 aromatic heterocycles. The lowest BCUT2D eigenvalue weighted by Crippen LogP contribution is -2.56. The third-order valence-corrected chi connectivity index (χ3v) is 6.64. The summed E-state index contributed by atoms with van der Waals surface area (Å²) >= 11 is 0. The Hall–Kier alpha value is -3.92. The van der Waals surface area contributed by atoms with Gasteiger partial charge in [-0.15, -0.1) is 0 Å². The summed E-state index contributed by atoms with van der Waals surface area (Å²) in [5.74, 6) is 0.259. The maximum atomic E-state index is 14.0. The highest BCUT2D eigenvalue weighted by atomic mass is 19.1. The molecule has 2 unspecified atom stereocenters. The van der Waals surface area contributed by atoms with Crippen molar-refractivity contribution in [3.8, 4) is 5.69 Å². The third-order valence-electron chi connectivity index (χ3n) is 6.64. The van der Waals surface area contributed by atoms with Crippen LogP contribution >= 0.6 is 0 Å². The fourth-order valence-corrected chi connectivity index (χ4v) is 4.95. The van der Waals surface area contributed by atoms with Gasteiger partial charge in [0.2, 0.25) is 0 Å². The van der Waals surface area contributed by atoms with Gasteiger partial charge in [0, 0.05) is 19.2 Å². The Labute approximate surface area is 201 Å². The van der Waals surface area contributed by atoms with Gasteiger partial charge < -0.3 is 14.5 Å². The van der Waals surface area contributed by atoms with Crippen molar-refractivity contribution in [1.82, 2.24) is 29.9 Å². The molecule has 2 aliphatic heterocycles. The van der Waals surface area contributed by atoms with Crippen LogP contribution in [0.1, 0.15) is 22.3 Å². The average molecular weight is 474 g/mol. The SMILES string of the molecule is Cc1ccc(-n2nccn2)c(C(=O)N2C3CCN(c4cnc5ccc(F)cc5n4)CC2COC3)c1. The molecular weight excluding hydrogens is 449 g/mol. The van der Waals surface area contributed by atoms with Gasteiger partial charge in [0.15, 0.2) is 0 Å². The summed E-state index contributed by atoms with van der Waals surface area (Å²) in [6.07, 6.45) is 5.62. The molecule has 2 atom stereocenters. The predicted octanol–water partition coefficient (Wildman–Crippen LogP) is 2.78. The number of aromatic nitrogens is 5. The van der Waals surface area contributed by atoms with E-state index >= 15 is 0 Å². The van der Waals surface area contributed by atoms with Gasteiger partial charge in [0.05, 0.1) is 66.2 Å². The Balaban J connectivity index is 1.33. The summed E-state index contributed by atoms with van der Waals surface area (Å²) in [6.45, 7) is 4.10. The number of anilines is 1. The summed E-state index contributed by atoms with van der Waals surface area (Å²) in [6, 6.07) is 9.87. The van der Waals surface area contributed by atoms with Crippen molar-refractivity contribution < 1.29 is 13.9 Å². The van der Waals surface area contributed by atoms with Gasteiger partial charge >= 0.3 is 0 Å². The molecule has 1 amide bonds. The first-order valence-corrected chi connectivity index (χ1v) is 11.6. The minimum absolute atomic E-state index is 0.0622. The van der Waals surface area contributed by atoms with Crippen LogP contribution in [-0.2, 0) is 4.74 Å². The van der Waals surface area contributed by atoms with Gasteiger partial charge in [0.1, 0.15) is 11.6 Å².